The van der Waals surface area contributed by atoms with Crippen molar-refractivity contribution in [3.63, 3.8) is 0 Å². The van der Waals surface area contributed by atoms with E-state index in [1.165, 1.54) is 6.20 Å². The van der Waals surface area contributed by atoms with Gasteiger partial charge in [-0.1, -0.05) is 0 Å². The van der Waals surface area contributed by atoms with Crippen LogP contribution in [0, 0.1) is 6.92 Å². The van der Waals surface area contributed by atoms with Gasteiger partial charge < -0.3 is 20.3 Å². The normalized spacial score (nSPS) is 21.8. The van der Waals surface area contributed by atoms with E-state index in [0.29, 0.717) is 28.4 Å². The molecule has 0 spiro atoms. The van der Waals surface area contributed by atoms with Crippen LogP contribution in [0.3, 0.4) is 0 Å². The second kappa shape index (κ2) is 9.16. The standard InChI is InChI=1S/C25H33N7O4S/c1-14-8-22(31-30-14)28-21-12-20-19(11-18(13-26-20)37(5,34)35)23(29-21)27-15-9-16-6-7-17(10-15)32(16)24(33)36-25(2,3)4/h8,11-13,15-17H,6-7,9-10H2,1-5H3,(H3,27,28,29,30,31)/t15?,16-,17?/m1/s1. The van der Waals surface area contributed by atoms with E-state index in [2.05, 4.69) is 25.8 Å². The highest BCUT2D eigenvalue weighted by Crippen LogP contribution is 2.38. The van der Waals surface area contributed by atoms with Crippen molar-refractivity contribution in [2.24, 2.45) is 0 Å². The minimum atomic E-state index is -3.45. The Morgan fingerprint density at radius 1 is 1.14 bits per heavy atom. The Morgan fingerprint density at radius 3 is 2.43 bits per heavy atom. The number of carbonyl (C=O) groups excluding carboxylic acids is 1. The first kappa shape index (κ1) is 25.2. The van der Waals surface area contributed by atoms with Gasteiger partial charge in [-0.15, -0.1) is 0 Å². The summed E-state index contributed by atoms with van der Waals surface area (Å²) in [6.07, 6.45) is 5.61. The minimum Gasteiger partial charge on any atom is -0.444 e. The summed E-state index contributed by atoms with van der Waals surface area (Å²) in [5.41, 5.74) is 0.970. The third-order valence-corrected chi connectivity index (χ3v) is 7.80. The zero-order valence-electron chi connectivity index (χ0n) is 21.7. The molecule has 11 nitrogen and oxygen atoms in total. The SMILES string of the molecule is Cc1cc(Nc2cc3ncc(S(C)(=O)=O)cc3c(NC3CC4CC[C@H](C3)N4C(=O)OC(C)(C)C)n2)n[nH]1. The number of carbonyl (C=O) groups is 1. The quantitative estimate of drug-likeness (QED) is 0.446. The molecule has 2 unspecified atom stereocenters. The highest BCUT2D eigenvalue weighted by molar-refractivity contribution is 7.90. The molecule has 0 saturated carbocycles. The highest BCUT2D eigenvalue weighted by Gasteiger charge is 2.45. The van der Waals surface area contributed by atoms with Crippen molar-refractivity contribution in [3.8, 4) is 0 Å². The fraction of sp³-hybridized carbons (Fsp3) is 0.520. The van der Waals surface area contributed by atoms with E-state index in [0.717, 1.165) is 37.6 Å². The van der Waals surface area contributed by atoms with Crippen LogP contribution in [0.5, 0.6) is 0 Å². The largest absolute Gasteiger partial charge is 0.444 e. The molecule has 2 fully saturated rings. The van der Waals surface area contributed by atoms with Gasteiger partial charge in [0.15, 0.2) is 15.7 Å². The Kier molecular flexibility index (Phi) is 6.25. The van der Waals surface area contributed by atoms with Crippen LogP contribution >= 0.6 is 0 Å². The van der Waals surface area contributed by atoms with Gasteiger partial charge in [0.25, 0.3) is 0 Å². The maximum atomic E-state index is 12.9. The lowest BCUT2D eigenvalue weighted by atomic mass is 9.97. The molecule has 37 heavy (non-hydrogen) atoms. The third-order valence-electron chi connectivity index (χ3n) is 6.72. The predicted molar refractivity (Wildman–Crippen MR) is 141 cm³/mol. The number of aromatic nitrogens is 4. The molecule has 0 aliphatic carbocycles. The van der Waals surface area contributed by atoms with E-state index in [9.17, 15) is 13.2 Å². The molecule has 3 aromatic heterocycles. The Bertz CT molecular complexity index is 1430. The highest BCUT2D eigenvalue weighted by atomic mass is 32.2. The van der Waals surface area contributed by atoms with E-state index >= 15 is 0 Å². The lowest BCUT2D eigenvalue weighted by Crippen LogP contribution is -2.51. The van der Waals surface area contributed by atoms with Gasteiger partial charge in [0, 0.05) is 53.8 Å². The summed E-state index contributed by atoms with van der Waals surface area (Å²) in [5, 5.41) is 14.5. The zero-order chi connectivity index (χ0) is 26.5. The topological polar surface area (TPSA) is 142 Å². The number of piperidine rings is 1. The molecule has 2 saturated heterocycles. The van der Waals surface area contributed by atoms with E-state index in [1.54, 1.807) is 12.1 Å². The zero-order valence-corrected chi connectivity index (χ0v) is 22.5. The Labute approximate surface area is 216 Å². The Hall–Kier alpha value is -3.41. The van der Waals surface area contributed by atoms with E-state index in [1.807, 2.05) is 38.7 Å². The predicted octanol–water partition coefficient (Wildman–Crippen LogP) is 4.15. The third kappa shape index (κ3) is 5.48. The molecule has 3 aromatic rings. The molecule has 3 N–H and O–H groups in total. The number of pyridine rings is 2. The lowest BCUT2D eigenvalue weighted by molar-refractivity contribution is 0.00683. The summed E-state index contributed by atoms with van der Waals surface area (Å²) in [4.78, 5) is 24.1. The van der Waals surface area contributed by atoms with Crippen molar-refractivity contribution in [2.75, 3.05) is 16.9 Å². The maximum absolute atomic E-state index is 12.9. The lowest BCUT2D eigenvalue weighted by Gasteiger charge is -2.39. The van der Waals surface area contributed by atoms with Crippen LogP contribution in [0.2, 0.25) is 0 Å². The van der Waals surface area contributed by atoms with E-state index < -0.39 is 15.4 Å². The van der Waals surface area contributed by atoms with Gasteiger partial charge in [0.1, 0.15) is 17.2 Å². The van der Waals surface area contributed by atoms with Crippen LogP contribution < -0.4 is 10.6 Å². The summed E-state index contributed by atoms with van der Waals surface area (Å²) in [6.45, 7) is 7.54. The number of anilines is 3. The van der Waals surface area contributed by atoms with Crippen LogP contribution in [-0.4, -0.2) is 69.6 Å². The summed E-state index contributed by atoms with van der Waals surface area (Å²) >= 11 is 0. The van der Waals surface area contributed by atoms with Crippen LogP contribution in [-0.2, 0) is 14.6 Å². The molecule has 2 bridgehead atoms. The molecule has 1 amide bonds. The van der Waals surface area contributed by atoms with Crippen molar-refractivity contribution in [1.29, 1.82) is 0 Å². The monoisotopic (exact) mass is 527 g/mol. The van der Waals surface area contributed by atoms with Gasteiger partial charge in [0.05, 0.1) is 10.4 Å². The van der Waals surface area contributed by atoms with Gasteiger partial charge in [-0.25, -0.2) is 18.2 Å². The number of aryl methyl sites for hydroxylation is 1. The number of rotatable bonds is 5. The number of fused-ring (bicyclic) bond motifs is 3. The van der Waals surface area contributed by atoms with Crippen LogP contribution in [0.4, 0.5) is 22.2 Å². The molecule has 2 aliphatic heterocycles. The number of nitrogens with zero attached hydrogens (tertiary/aromatic N) is 4. The second-order valence-corrected chi connectivity index (χ2v) is 13.0. The molecule has 3 atom stereocenters. The minimum absolute atomic E-state index is 0.0525. The number of hydrogen-bond donors (Lipinski definition) is 3. The Morgan fingerprint density at radius 2 is 1.84 bits per heavy atom. The summed E-state index contributed by atoms with van der Waals surface area (Å²) < 4.78 is 30.1. The van der Waals surface area contributed by atoms with E-state index in [4.69, 9.17) is 9.72 Å². The molecular weight excluding hydrogens is 494 g/mol. The van der Waals surface area contributed by atoms with Crippen molar-refractivity contribution in [2.45, 2.75) is 82.0 Å². The first-order chi connectivity index (χ1) is 17.4. The number of H-pyrrole nitrogens is 1. The van der Waals surface area contributed by atoms with Crippen LogP contribution in [0.1, 0.15) is 52.1 Å². The van der Waals surface area contributed by atoms with Gasteiger partial charge >= 0.3 is 6.09 Å². The number of aromatic amines is 1. The first-order valence-corrected chi connectivity index (χ1v) is 14.3. The van der Waals surface area contributed by atoms with Gasteiger partial charge in [0.2, 0.25) is 0 Å². The average molecular weight is 528 g/mol. The number of ether oxygens (including phenoxy) is 1. The molecule has 5 heterocycles. The molecule has 5 rings (SSSR count). The number of nitrogens with one attached hydrogen (secondary N) is 3. The number of amides is 1. The molecule has 2 aliphatic rings. The van der Waals surface area contributed by atoms with E-state index in [-0.39, 0.29) is 29.1 Å². The molecule has 198 valence electrons. The van der Waals surface area contributed by atoms with Gasteiger partial charge in [-0.3, -0.25) is 10.1 Å². The van der Waals surface area contributed by atoms with Crippen molar-refractivity contribution >= 4 is 44.3 Å². The molecule has 12 heteroatoms. The van der Waals surface area contributed by atoms with Gasteiger partial charge in [-0.05, 0) is 59.4 Å². The molecular formula is C25H33N7O4S. The van der Waals surface area contributed by atoms with Crippen LogP contribution in [0.25, 0.3) is 10.9 Å². The molecule has 0 radical (unpaired) electrons. The fourth-order valence-electron chi connectivity index (χ4n) is 5.19. The molecule has 0 aromatic carbocycles. The average Bonchev–Trinajstić information content (AvgIpc) is 3.31. The van der Waals surface area contributed by atoms with Crippen molar-refractivity contribution < 1.29 is 17.9 Å². The Balaban J connectivity index is 1.44. The summed E-state index contributed by atoms with van der Waals surface area (Å²) in [5.74, 6) is 1.70. The van der Waals surface area contributed by atoms with Crippen molar-refractivity contribution in [1.82, 2.24) is 25.1 Å². The first-order valence-electron chi connectivity index (χ1n) is 12.4. The van der Waals surface area contributed by atoms with Crippen LogP contribution in [0.15, 0.2) is 29.3 Å². The maximum Gasteiger partial charge on any atom is 0.410 e. The van der Waals surface area contributed by atoms with Crippen molar-refractivity contribution in [3.05, 3.63) is 30.1 Å². The summed E-state index contributed by atoms with van der Waals surface area (Å²) in [7, 11) is -3.45. The summed E-state index contributed by atoms with van der Waals surface area (Å²) in [6, 6.07) is 5.46. The van der Waals surface area contributed by atoms with Gasteiger partial charge in [-0.2, -0.15) is 5.10 Å². The second-order valence-electron chi connectivity index (χ2n) is 11.0. The smallest absolute Gasteiger partial charge is 0.410 e. The number of sulfone groups is 1. The fourth-order valence-corrected chi connectivity index (χ4v) is 5.77. The number of hydrogen-bond acceptors (Lipinski definition) is 9.